The zero-order valence-corrected chi connectivity index (χ0v) is 11.2. The first kappa shape index (κ1) is 13.7. The zero-order chi connectivity index (χ0) is 13.5. The zero-order valence-electron chi connectivity index (χ0n) is 11.2. The molecule has 2 saturated heterocycles. The van der Waals surface area contributed by atoms with Crippen molar-refractivity contribution in [2.45, 2.75) is 63.9 Å². The number of nitrogens with two attached hydrogens (primary N) is 1. The minimum absolute atomic E-state index is 0.125. The van der Waals surface area contributed by atoms with Crippen LogP contribution in [-0.2, 0) is 23.7 Å². The molecule has 0 aliphatic carbocycles. The predicted octanol–water partition coefficient (Wildman–Crippen LogP) is 0.184. The Morgan fingerprint density at radius 2 is 1.72 bits per heavy atom. The standard InChI is InChI=1S/C12H21NO5/c1-6-9-10(18-12(3,4)17-9)7(2)16-11(14)8(13)5-15-6/h6-10H,5,13H2,1-4H3/t6-,7-,8+,9-,10-/m1/s1. The molecular weight excluding hydrogens is 238 g/mol. The molecule has 6 heteroatoms. The molecule has 0 bridgehead atoms. The summed E-state index contributed by atoms with van der Waals surface area (Å²) in [5, 5.41) is 0. The molecule has 0 aromatic heterocycles. The first-order valence-electron chi connectivity index (χ1n) is 6.23. The van der Waals surface area contributed by atoms with Crippen LogP contribution in [-0.4, -0.2) is 48.8 Å². The molecule has 2 aliphatic rings. The van der Waals surface area contributed by atoms with Crippen molar-refractivity contribution < 1.29 is 23.7 Å². The fourth-order valence-electron chi connectivity index (χ4n) is 2.30. The third-order valence-corrected chi connectivity index (χ3v) is 3.23. The number of hydrogen-bond acceptors (Lipinski definition) is 6. The second-order valence-electron chi connectivity index (χ2n) is 5.35. The number of rotatable bonds is 0. The van der Waals surface area contributed by atoms with Gasteiger partial charge in [-0.25, -0.2) is 0 Å². The molecule has 2 rings (SSSR count). The maximum Gasteiger partial charge on any atom is 0.325 e. The van der Waals surface area contributed by atoms with Crippen molar-refractivity contribution in [3.05, 3.63) is 0 Å². The van der Waals surface area contributed by atoms with Crippen molar-refractivity contribution in [2.75, 3.05) is 6.61 Å². The first-order valence-corrected chi connectivity index (χ1v) is 6.23. The van der Waals surface area contributed by atoms with Gasteiger partial charge in [0.15, 0.2) is 5.79 Å². The number of ether oxygens (including phenoxy) is 4. The van der Waals surface area contributed by atoms with Crippen LogP contribution in [0.1, 0.15) is 27.7 Å². The molecule has 2 aliphatic heterocycles. The van der Waals surface area contributed by atoms with Crippen LogP contribution in [0.25, 0.3) is 0 Å². The monoisotopic (exact) mass is 259 g/mol. The molecule has 5 atom stereocenters. The lowest BCUT2D eigenvalue weighted by molar-refractivity contribution is -0.175. The Morgan fingerprint density at radius 1 is 1.17 bits per heavy atom. The SMILES string of the molecule is C[C@H]1OC[C@H](N)C(=O)O[C@H](C)[C@H]2OC(C)(C)O[C@@H]21. The molecular formula is C12H21NO5. The van der Waals surface area contributed by atoms with Gasteiger partial charge >= 0.3 is 5.97 Å². The molecule has 0 aromatic carbocycles. The molecule has 0 radical (unpaired) electrons. The van der Waals surface area contributed by atoms with Gasteiger partial charge in [-0.05, 0) is 27.7 Å². The van der Waals surface area contributed by atoms with Crippen LogP contribution >= 0.6 is 0 Å². The normalized spacial score (nSPS) is 44.5. The van der Waals surface area contributed by atoms with E-state index in [1.54, 1.807) is 6.92 Å². The number of fused-ring (bicyclic) bond motifs is 1. The van der Waals surface area contributed by atoms with E-state index in [1.807, 2.05) is 20.8 Å². The van der Waals surface area contributed by atoms with Gasteiger partial charge in [-0.15, -0.1) is 0 Å². The van der Waals surface area contributed by atoms with Gasteiger partial charge < -0.3 is 24.7 Å². The Balaban J connectivity index is 2.20. The molecule has 0 spiro atoms. The largest absolute Gasteiger partial charge is 0.459 e. The summed E-state index contributed by atoms with van der Waals surface area (Å²) in [4.78, 5) is 11.7. The van der Waals surface area contributed by atoms with Gasteiger partial charge in [0.2, 0.25) is 0 Å². The fraction of sp³-hybridized carbons (Fsp3) is 0.917. The maximum absolute atomic E-state index is 11.7. The smallest absolute Gasteiger partial charge is 0.325 e. The van der Waals surface area contributed by atoms with Crippen molar-refractivity contribution in [3.63, 3.8) is 0 Å². The second-order valence-corrected chi connectivity index (χ2v) is 5.35. The molecule has 6 nitrogen and oxygen atoms in total. The van der Waals surface area contributed by atoms with Crippen LogP contribution in [0.2, 0.25) is 0 Å². The molecule has 0 aromatic rings. The van der Waals surface area contributed by atoms with Gasteiger partial charge in [0.1, 0.15) is 24.4 Å². The third kappa shape index (κ3) is 2.66. The van der Waals surface area contributed by atoms with E-state index in [9.17, 15) is 4.79 Å². The summed E-state index contributed by atoms with van der Waals surface area (Å²) in [6.07, 6.45) is -1.24. The molecule has 2 fully saturated rings. The van der Waals surface area contributed by atoms with E-state index >= 15 is 0 Å². The lowest BCUT2D eigenvalue weighted by atomic mass is 10.1. The highest BCUT2D eigenvalue weighted by Gasteiger charge is 2.48. The summed E-state index contributed by atoms with van der Waals surface area (Å²) in [6.45, 7) is 7.46. The van der Waals surface area contributed by atoms with E-state index in [-0.39, 0.29) is 24.9 Å². The minimum Gasteiger partial charge on any atom is -0.459 e. The van der Waals surface area contributed by atoms with Crippen LogP contribution in [0.5, 0.6) is 0 Å². The lowest BCUT2D eigenvalue weighted by Crippen LogP contribution is -2.42. The van der Waals surface area contributed by atoms with Crippen LogP contribution in [0.4, 0.5) is 0 Å². The van der Waals surface area contributed by atoms with Gasteiger partial charge in [-0.2, -0.15) is 0 Å². The molecule has 2 heterocycles. The predicted molar refractivity (Wildman–Crippen MR) is 62.8 cm³/mol. The summed E-state index contributed by atoms with van der Waals surface area (Å²) >= 11 is 0. The third-order valence-electron chi connectivity index (χ3n) is 3.23. The number of carbonyl (C=O) groups is 1. The van der Waals surface area contributed by atoms with E-state index in [2.05, 4.69) is 0 Å². The number of cyclic esters (lactones) is 1. The lowest BCUT2D eigenvalue weighted by Gasteiger charge is -2.25. The highest BCUT2D eigenvalue weighted by molar-refractivity contribution is 5.75. The quantitative estimate of drug-likeness (QED) is 0.625. The average molecular weight is 259 g/mol. The summed E-state index contributed by atoms with van der Waals surface area (Å²) in [5.74, 6) is -1.17. The van der Waals surface area contributed by atoms with Crippen molar-refractivity contribution in [3.8, 4) is 0 Å². The average Bonchev–Trinajstić information content (AvgIpc) is 2.61. The van der Waals surface area contributed by atoms with Crippen LogP contribution in [0, 0.1) is 0 Å². The highest BCUT2D eigenvalue weighted by Crippen LogP contribution is 2.34. The van der Waals surface area contributed by atoms with Gasteiger partial charge in [-0.3, -0.25) is 4.79 Å². The van der Waals surface area contributed by atoms with Gasteiger partial charge in [0.05, 0.1) is 12.7 Å². The second kappa shape index (κ2) is 4.77. The van der Waals surface area contributed by atoms with Crippen molar-refractivity contribution in [1.82, 2.24) is 0 Å². The maximum atomic E-state index is 11.7. The van der Waals surface area contributed by atoms with E-state index in [0.29, 0.717) is 0 Å². The van der Waals surface area contributed by atoms with Crippen molar-refractivity contribution >= 4 is 5.97 Å². The minimum atomic E-state index is -0.762. The topological polar surface area (TPSA) is 80.0 Å². The van der Waals surface area contributed by atoms with E-state index in [0.717, 1.165) is 0 Å². The molecule has 2 N–H and O–H groups in total. The van der Waals surface area contributed by atoms with Gasteiger partial charge in [0.25, 0.3) is 0 Å². The van der Waals surface area contributed by atoms with Crippen LogP contribution in [0.3, 0.4) is 0 Å². The summed E-state index contributed by atoms with van der Waals surface area (Å²) < 4.78 is 22.5. The van der Waals surface area contributed by atoms with Crippen molar-refractivity contribution in [2.24, 2.45) is 5.73 Å². The van der Waals surface area contributed by atoms with E-state index < -0.39 is 23.9 Å². The van der Waals surface area contributed by atoms with Gasteiger partial charge in [0, 0.05) is 0 Å². The fourth-order valence-corrected chi connectivity index (χ4v) is 2.30. The Labute approximate surface area is 107 Å². The van der Waals surface area contributed by atoms with Crippen molar-refractivity contribution in [1.29, 1.82) is 0 Å². The molecule has 0 unspecified atom stereocenters. The molecule has 18 heavy (non-hydrogen) atoms. The molecule has 0 amide bonds. The van der Waals surface area contributed by atoms with Crippen LogP contribution < -0.4 is 5.73 Å². The van der Waals surface area contributed by atoms with E-state index in [4.69, 9.17) is 24.7 Å². The first-order chi connectivity index (χ1) is 8.30. The number of carbonyl (C=O) groups excluding carboxylic acids is 1. The Hall–Kier alpha value is -0.690. The highest BCUT2D eigenvalue weighted by atomic mass is 16.8. The summed E-state index contributed by atoms with van der Waals surface area (Å²) in [6, 6.07) is -0.762. The Morgan fingerprint density at radius 3 is 2.33 bits per heavy atom. The Kier molecular flexibility index (Phi) is 3.64. The number of esters is 1. The van der Waals surface area contributed by atoms with E-state index in [1.165, 1.54) is 0 Å². The summed E-state index contributed by atoms with van der Waals surface area (Å²) in [7, 11) is 0. The number of hydrogen-bond donors (Lipinski definition) is 1. The molecule has 104 valence electrons. The molecule has 0 saturated carbocycles. The van der Waals surface area contributed by atoms with Crippen LogP contribution in [0.15, 0.2) is 0 Å². The van der Waals surface area contributed by atoms with Gasteiger partial charge in [-0.1, -0.05) is 0 Å². The Bertz CT molecular complexity index is 332. The summed E-state index contributed by atoms with van der Waals surface area (Å²) in [5.41, 5.74) is 5.66.